The summed E-state index contributed by atoms with van der Waals surface area (Å²) in [5, 5.41) is -0.0406. The summed E-state index contributed by atoms with van der Waals surface area (Å²) in [4.78, 5) is 0. The number of halogens is 2. The summed E-state index contributed by atoms with van der Waals surface area (Å²) in [6.45, 7) is 6.02. The Balaban J connectivity index is 3.48. The number of benzene rings is 1. The van der Waals surface area contributed by atoms with Gasteiger partial charge in [0.2, 0.25) is 0 Å². The number of rotatable bonds is 2. The van der Waals surface area contributed by atoms with Gasteiger partial charge in [-0.2, -0.15) is 0 Å². The molecule has 3 heteroatoms. The molecule has 0 saturated heterocycles. The number of methoxy groups -OCH3 is 1. The van der Waals surface area contributed by atoms with E-state index in [1.54, 1.807) is 7.11 Å². The van der Waals surface area contributed by atoms with Gasteiger partial charge in [0.25, 0.3) is 0 Å². The lowest BCUT2D eigenvalue weighted by molar-refractivity contribution is 0.406. The maximum Gasteiger partial charge on any atom is 0.126 e. The van der Waals surface area contributed by atoms with Gasteiger partial charge in [-0.3, -0.25) is 0 Å². The minimum absolute atomic E-state index is 0.0406. The van der Waals surface area contributed by atoms with Crippen molar-refractivity contribution in [2.75, 3.05) is 7.11 Å². The van der Waals surface area contributed by atoms with Crippen molar-refractivity contribution in [2.45, 2.75) is 26.1 Å². The molecule has 0 aliphatic rings. The average molecular weight is 278 g/mol. The smallest absolute Gasteiger partial charge is 0.126 e. The maximum absolute atomic E-state index is 6.14. The first-order valence-electron chi connectivity index (χ1n) is 4.46. The molecule has 0 aliphatic carbocycles. The third-order valence-electron chi connectivity index (χ3n) is 2.31. The lowest BCUT2D eigenvalue weighted by atomic mass is 10.0. The van der Waals surface area contributed by atoms with Crippen LogP contribution in [0, 0.1) is 13.8 Å². The lowest BCUT2D eigenvalue weighted by Crippen LogP contribution is -1.99. The minimum atomic E-state index is -0.0406. The highest BCUT2D eigenvalue weighted by atomic mass is 79.9. The molecule has 0 bridgehead atoms. The standard InChI is InChI=1S/C11H14BrClO/c1-6-5-9(12)7(2)10(8(3)13)11(6)14-4/h5,8H,1-4H3. The highest BCUT2D eigenvalue weighted by molar-refractivity contribution is 9.10. The van der Waals surface area contributed by atoms with Gasteiger partial charge in [-0.05, 0) is 38.0 Å². The Morgan fingerprint density at radius 3 is 2.43 bits per heavy atom. The summed E-state index contributed by atoms with van der Waals surface area (Å²) in [7, 11) is 1.68. The maximum atomic E-state index is 6.14. The molecular weight excluding hydrogens is 263 g/mol. The van der Waals surface area contributed by atoms with Crippen LogP contribution in [0.1, 0.15) is 29.0 Å². The molecule has 1 unspecified atom stereocenters. The van der Waals surface area contributed by atoms with Gasteiger partial charge in [0.05, 0.1) is 12.5 Å². The molecule has 14 heavy (non-hydrogen) atoms. The molecule has 0 amide bonds. The van der Waals surface area contributed by atoms with Gasteiger partial charge in [0.1, 0.15) is 5.75 Å². The average Bonchev–Trinajstić information content (AvgIpc) is 2.10. The van der Waals surface area contributed by atoms with E-state index >= 15 is 0 Å². The van der Waals surface area contributed by atoms with E-state index in [0.29, 0.717) is 0 Å². The highest BCUT2D eigenvalue weighted by Crippen LogP contribution is 2.38. The Hall–Kier alpha value is -0.210. The Labute approximate surface area is 98.5 Å². The molecular formula is C11H14BrClO. The minimum Gasteiger partial charge on any atom is -0.496 e. The van der Waals surface area contributed by atoms with E-state index in [4.69, 9.17) is 16.3 Å². The van der Waals surface area contributed by atoms with E-state index < -0.39 is 0 Å². The van der Waals surface area contributed by atoms with Crippen molar-refractivity contribution < 1.29 is 4.74 Å². The first-order valence-corrected chi connectivity index (χ1v) is 5.69. The number of hydrogen-bond acceptors (Lipinski definition) is 1. The molecule has 1 nitrogen and oxygen atoms in total. The molecule has 0 aliphatic heterocycles. The fourth-order valence-electron chi connectivity index (χ4n) is 1.63. The van der Waals surface area contributed by atoms with Crippen LogP contribution < -0.4 is 4.74 Å². The fraction of sp³-hybridized carbons (Fsp3) is 0.455. The van der Waals surface area contributed by atoms with Crippen molar-refractivity contribution in [1.82, 2.24) is 0 Å². The van der Waals surface area contributed by atoms with E-state index in [1.165, 1.54) is 0 Å². The molecule has 1 aromatic carbocycles. The third kappa shape index (κ3) is 2.06. The van der Waals surface area contributed by atoms with Crippen LogP contribution in [0.5, 0.6) is 5.75 Å². The zero-order valence-electron chi connectivity index (χ0n) is 8.82. The van der Waals surface area contributed by atoms with Crippen LogP contribution in [0.2, 0.25) is 0 Å². The third-order valence-corrected chi connectivity index (χ3v) is 3.35. The number of aryl methyl sites for hydroxylation is 1. The monoisotopic (exact) mass is 276 g/mol. The van der Waals surface area contributed by atoms with E-state index in [1.807, 2.05) is 20.8 Å². The predicted octanol–water partition coefficient (Wildman–Crippen LogP) is 4.37. The van der Waals surface area contributed by atoms with Gasteiger partial charge in [-0.1, -0.05) is 15.9 Å². The summed E-state index contributed by atoms with van der Waals surface area (Å²) in [5.74, 6) is 0.896. The van der Waals surface area contributed by atoms with E-state index in [-0.39, 0.29) is 5.38 Å². The molecule has 0 saturated carbocycles. The van der Waals surface area contributed by atoms with Gasteiger partial charge in [-0.25, -0.2) is 0 Å². The van der Waals surface area contributed by atoms with Crippen LogP contribution in [0.25, 0.3) is 0 Å². The highest BCUT2D eigenvalue weighted by Gasteiger charge is 2.16. The van der Waals surface area contributed by atoms with Gasteiger partial charge in [-0.15, -0.1) is 11.6 Å². The number of alkyl halides is 1. The number of ether oxygens (including phenoxy) is 1. The lowest BCUT2D eigenvalue weighted by Gasteiger charge is -2.17. The Morgan fingerprint density at radius 2 is 2.00 bits per heavy atom. The summed E-state index contributed by atoms with van der Waals surface area (Å²) in [5.41, 5.74) is 3.32. The fourth-order valence-corrected chi connectivity index (χ4v) is 2.44. The van der Waals surface area contributed by atoms with Crippen LogP contribution in [-0.2, 0) is 0 Å². The van der Waals surface area contributed by atoms with Crippen molar-refractivity contribution >= 4 is 27.5 Å². The quantitative estimate of drug-likeness (QED) is 0.729. The molecule has 0 N–H and O–H groups in total. The Kier molecular flexibility index (Phi) is 3.85. The van der Waals surface area contributed by atoms with Crippen molar-refractivity contribution in [2.24, 2.45) is 0 Å². The van der Waals surface area contributed by atoms with Crippen LogP contribution >= 0.6 is 27.5 Å². The second kappa shape index (κ2) is 4.54. The molecule has 78 valence electrons. The zero-order chi connectivity index (χ0) is 10.9. The molecule has 0 heterocycles. The van der Waals surface area contributed by atoms with Gasteiger partial charge < -0.3 is 4.74 Å². The molecule has 1 atom stereocenters. The molecule has 1 aromatic rings. The molecule has 1 rings (SSSR count). The summed E-state index contributed by atoms with van der Waals surface area (Å²) >= 11 is 9.65. The van der Waals surface area contributed by atoms with Crippen LogP contribution in [0.3, 0.4) is 0 Å². The second-order valence-electron chi connectivity index (χ2n) is 3.36. The van der Waals surface area contributed by atoms with Crippen LogP contribution in [0.15, 0.2) is 10.5 Å². The zero-order valence-corrected chi connectivity index (χ0v) is 11.2. The summed E-state index contributed by atoms with van der Waals surface area (Å²) < 4.78 is 6.45. The summed E-state index contributed by atoms with van der Waals surface area (Å²) in [6.07, 6.45) is 0. The molecule has 0 spiro atoms. The van der Waals surface area contributed by atoms with Crippen LogP contribution in [0.4, 0.5) is 0 Å². The van der Waals surface area contributed by atoms with Crippen molar-refractivity contribution in [1.29, 1.82) is 0 Å². The van der Waals surface area contributed by atoms with Crippen molar-refractivity contribution in [3.8, 4) is 5.75 Å². The number of hydrogen-bond donors (Lipinski definition) is 0. The normalized spacial score (nSPS) is 12.7. The first-order chi connectivity index (χ1) is 6.49. The summed E-state index contributed by atoms with van der Waals surface area (Å²) in [6, 6.07) is 2.05. The van der Waals surface area contributed by atoms with Crippen LogP contribution in [-0.4, -0.2) is 7.11 Å². The van der Waals surface area contributed by atoms with Gasteiger partial charge in [0, 0.05) is 10.0 Å². The van der Waals surface area contributed by atoms with E-state index in [2.05, 4.69) is 22.0 Å². The molecule has 0 radical (unpaired) electrons. The Morgan fingerprint density at radius 1 is 1.43 bits per heavy atom. The molecule has 0 aromatic heterocycles. The Bertz CT molecular complexity index is 348. The van der Waals surface area contributed by atoms with Gasteiger partial charge >= 0.3 is 0 Å². The van der Waals surface area contributed by atoms with E-state index in [0.717, 1.165) is 26.9 Å². The van der Waals surface area contributed by atoms with Gasteiger partial charge in [0.15, 0.2) is 0 Å². The SMILES string of the molecule is COc1c(C)cc(Br)c(C)c1C(C)Cl. The molecule has 0 fully saturated rings. The van der Waals surface area contributed by atoms with Crippen molar-refractivity contribution in [3.63, 3.8) is 0 Å². The topological polar surface area (TPSA) is 9.23 Å². The first kappa shape index (κ1) is 11.9. The van der Waals surface area contributed by atoms with E-state index in [9.17, 15) is 0 Å². The second-order valence-corrected chi connectivity index (χ2v) is 4.87. The van der Waals surface area contributed by atoms with Crippen molar-refractivity contribution in [3.05, 3.63) is 27.2 Å². The largest absolute Gasteiger partial charge is 0.496 e. The predicted molar refractivity (Wildman–Crippen MR) is 64.4 cm³/mol.